The van der Waals surface area contributed by atoms with E-state index in [9.17, 15) is 30.3 Å². The first-order valence-corrected chi connectivity index (χ1v) is 6.21. The topological polar surface area (TPSA) is 130 Å². The molecule has 0 unspecified atom stereocenters. The van der Waals surface area contributed by atoms with Crippen LogP contribution in [0.1, 0.15) is 15.9 Å². The Morgan fingerprint density at radius 3 is 2.27 bits per heavy atom. The fourth-order valence-electron chi connectivity index (χ4n) is 2.21. The molecule has 0 saturated heterocycles. The minimum atomic E-state index is -0.766. The van der Waals surface area contributed by atoms with Gasteiger partial charge in [0, 0.05) is 6.07 Å². The lowest BCUT2D eigenvalue weighted by Crippen LogP contribution is -1.99. The minimum Gasteiger partial charge on any atom is -0.504 e. The number of hydrogen-bond donors (Lipinski definition) is 6. The molecule has 7 heteroatoms. The van der Waals surface area contributed by atoms with Crippen LogP contribution in [0.5, 0.6) is 28.7 Å². The van der Waals surface area contributed by atoms with Gasteiger partial charge in [-0.25, -0.2) is 0 Å². The Morgan fingerprint density at radius 1 is 0.864 bits per heavy atom. The van der Waals surface area contributed by atoms with Crippen molar-refractivity contribution in [2.45, 2.75) is 0 Å². The van der Waals surface area contributed by atoms with Gasteiger partial charge in [0.2, 0.25) is 11.5 Å². The first-order chi connectivity index (χ1) is 10.4. The molecule has 0 atom stereocenters. The van der Waals surface area contributed by atoms with E-state index < -0.39 is 23.0 Å². The average Bonchev–Trinajstić information content (AvgIpc) is 2.77. The van der Waals surface area contributed by atoms with Crippen LogP contribution in [0.25, 0.3) is 6.08 Å². The summed E-state index contributed by atoms with van der Waals surface area (Å²) < 4.78 is 0. The summed E-state index contributed by atoms with van der Waals surface area (Å²) in [6, 6.07) is 5.13. The highest BCUT2D eigenvalue weighted by Gasteiger charge is 2.31. The number of Topliss-reactive ketones (excluding diaryl/α,β-unsaturated/α-hetero) is 1. The third-order valence-corrected chi connectivity index (χ3v) is 3.31. The number of benzene rings is 2. The van der Waals surface area contributed by atoms with Crippen molar-refractivity contribution in [1.82, 2.24) is 0 Å². The fraction of sp³-hybridized carbons (Fsp3) is 0. The number of fused-ring (bicyclic) bond motifs is 1. The van der Waals surface area contributed by atoms with Gasteiger partial charge in [-0.1, -0.05) is 6.07 Å². The number of ketones is 1. The minimum absolute atomic E-state index is 0.0837. The summed E-state index contributed by atoms with van der Waals surface area (Å²) in [5.41, 5.74) is 0.531. The molecule has 3 rings (SSSR count). The number of anilines is 1. The fourth-order valence-corrected chi connectivity index (χ4v) is 2.21. The quantitative estimate of drug-likeness (QED) is 0.269. The van der Waals surface area contributed by atoms with Crippen LogP contribution < -0.4 is 5.32 Å². The Hall–Kier alpha value is -3.35. The van der Waals surface area contributed by atoms with Crippen molar-refractivity contribution in [3.63, 3.8) is 0 Å². The lowest BCUT2D eigenvalue weighted by Gasteiger charge is -2.04. The molecule has 6 N–H and O–H groups in total. The average molecular weight is 301 g/mol. The highest BCUT2D eigenvalue weighted by Crippen LogP contribution is 2.46. The number of allylic oxidation sites excluding steroid dienone is 1. The van der Waals surface area contributed by atoms with Gasteiger partial charge in [-0.05, 0) is 23.8 Å². The zero-order valence-corrected chi connectivity index (χ0v) is 11.0. The number of rotatable bonds is 1. The third-order valence-electron chi connectivity index (χ3n) is 3.31. The van der Waals surface area contributed by atoms with Crippen LogP contribution in [-0.4, -0.2) is 31.3 Å². The van der Waals surface area contributed by atoms with E-state index in [1.165, 1.54) is 24.3 Å². The number of hydrogen-bond acceptors (Lipinski definition) is 7. The standard InChI is InChI=1S/C15H11NO6/c17-9-2-1-6(4-10(9)18)3-8-13(20)12-7(16-8)5-11(19)14(21)15(12)22/h1-5,16-19,21-22H/b8-3-. The van der Waals surface area contributed by atoms with Crippen molar-refractivity contribution >= 4 is 17.5 Å². The summed E-state index contributed by atoms with van der Waals surface area (Å²) in [5, 5.41) is 50.1. The third kappa shape index (κ3) is 1.96. The molecule has 0 bridgehead atoms. The molecule has 0 fully saturated rings. The highest BCUT2D eigenvalue weighted by atomic mass is 16.3. The van der Waals surface area contributed by atoms with Gasteiger partial charge in [-0.2, -0.15) is 0 Å². The molecular weight excluding hydrogens is 290 g/mol. The van der Waals surface area contributed by atoms with Crippen LogP contribution in [0.3, 0.4) is 0 Å². The molecule has 1 aliphatic rings. The predicted molar refractivity (Wildman–Crippen MR) is 77.1 cm³/mol. The number of carbonyl (C=O) groups is 1. The summed E-state index contributed by atoms with van der Waals surface area (Å²) >= 11 is 0. The second kappa shape index (κ2) is 4.59. The van der Waals surface area contributed by atoms with Gasteiger partial charge < -0.3 is 30.8 Å². The second-order valence-corrected chi connectivity index (χ2v) is 4.78. The molecule has 0 radical (unpaired) electrons. The van der Waals surface area contributed by atoms with Gasteiger partial charge in [0.25, 0.3) is 0 Å². The first kappa shape index (κ1) is 13.6. The van der Waals surface area contributed by atoms with Crippen LogP contribution in [0.15, 0.2) is 30.0 Å². The van der Waals surface area contributed by atoms with E-state index in [2.05, 4.69) is 5.32 Å². The predicted octanol–water partition coefficient (Wildman–Crippen LogP) is 1.86. The molecule has 0 aliphatic carbocycles. The van der Waals surface area contributed by atoms with Gasteiger partial charge in [0.15, 0.2) is 23.0 Å². The van der Waals surface area contributed by atoms with E-state index in [0.717, 1.165) is 6.07 Å². The summed E-state index contributed by atoms with van der Waals surface area (Å²) in [6.45, 7) is 0. The van der Waals surface area contributed by atoms with Crippen LogP contribution in [0.4, 0.5) is 5.69 Å². The monoisotopic (exact) mass is 301 g/mol. The molecule has 0 spiro atoms. The molecular formula is C15H11NO6. The molecule has 22 heavy (non-hydrogen) atoms. The molecule has 0 aromatic heterocycles. The number of phenolic OH excluding ortho intramolecular Hbond substituents is 5. The van der Waals surface area contributed by atoms with Crippen molar-refractivity contribution < 1.29 is 30.3 Å². The zero-order valence-electron chi connectivity index (χ0n) is 11.0. The van der Waals surface area contributed by atoms with Crippen molar-refractivity contribution in [1.29, 1.82) is 0 Å². The Balaban J connectivity index is 2.05. The maximum absolute atomic E-state index is 12.2. The van der Waals surface area contributed by atoms with Gasteiger partial charge in [-0.15, -0.1) is 0 Å². The summed E-state index contributed by atoms with van der Waals surface area (Å²) in [6.07, 6.45) is 1.40. The van der Waals surface area contributed by atoms with Crippen molar-refractivity contribution in [3.05, 3.63) is 41.1 Å². The largest absolute Gasteiger partial charge is 0.504 e. The lowest BCUT2D eigenvalue weighted by atomic mass is 10.1. The molecule has 1 aliphatic heterocycles. The van der Waals surface area contributed by atoms with Crippen LogP contribution in [0.2, 0.25) is 0 Å². The Kier molecular flexibility index (Phi) is 2.84. The molecule has 112 valence electrons. The Labute approximate surface area is 124 Å². The lowest BCUT2D eigenvalue weighted by molar-refractivity contribution is 0.103. The van der Waals surface area contributed by atoms with E-state index in [0.29, 0.717) is 5.56 Å². The van der Waals surface area contributed by atoms with Gasteiger partial charge in [-0.3, -0.25) is 4.79 Å². The molecule has 2 aromatic carbocycles. The van der Waals surface area contributed by atoms with Crippen molar-refractivity contribution in [2.24, 2.45) is 0 Å². The Morgan fingerprint density at radius 2 is 1.59 bits per heavy atom. The second-order valence-electron chi connectivity index (χ2n) is 4.78. The van der Waals surface area contributed by atoms with Crippen LogP contribution in [0, 0.1) is 0 Å². The normalized spacial score (nSPS) is 14.9. The zero-order chi connectivity index (χ0) is 16.0. The number of nitrogens with one attached hydrogen (secondary N) is 1. The van der Waals surface area contributed by atoms with Crippen molar-refractivity contribution in [2.75, 3.05) is 5.32 Å². The maximum Gasteiger partial charge on any atom is 0.215 e. The maximum atomic E-state index is 12.2. The van der Waals surface area contributed by atoms with Crippen LogP contribution >= 0.6 is 0 Å². The molecule has 0 amide bonds. The number of phenols is 5. The van der Waals surface area contributed by atoms with E-state index in [-0.39, 0.29) is 28.4 Å². The van der Waals surface area contributed by atoms with Crippen molar-refractivity contribution in [3.8, 4) is 28.7 Å². The molecule has 1 heterocycles. The van der Waals surface area contributed by atoms with Crippen LogP contribution in [-0.2, 0) is 0 Å². The molecule has 2 aromatic rings. The van der Waals surface area contributed by atoms with E-state index in [1.807, 2.05) is 0 Å². The van der Waals surface area contributed by atoms with E-state index in [4.69, 9.17) is 0 Å². The first-order valence-electron chi connectivity index (χ1n) is 6.21. The van der Waals surface area contributed by atoms with Gasteiger partial charge in [0.05, 0.1) is 16.9 Å². The Bertz CT molecular complexity index is 840. The van der Waals surface area contributed by atoms with Gasteiger partial charge >= 0.3 is 0 Å². The highest BCUT2D eigenvalue weighted by molar-refractivity contribution is 6.22. The summed E-state index contributed by atoms with van der Waals surface area (Å²) in [4.78, 5) is 12.2. The SMILES string of the molecule is O=C1/C(=C/c2ccc(O)c(O)c2)Nc2cc(O)c(O)c(O)c21. The van der Waals surface area contributed by atoms with E-state index in [1.54, 1.807) is 0 Å². The molecule has 0 saturated carbocycles. The summed E-state index contributed by atoms with van der Waals surface area (Å²) in [5.74, 6) is -3.23. The number of carbonyl (C=O) groups excluding carboxylic acids is 1. The van der Waals surface area contributed by atoms with E-state index >= 15 is 0 Å². The molecule has 7 nitrogen and oxygen atoms in total. The number of aromatic hydroxyl groups is 5. The summed E-state index contributed by atoms with van der Waals surface area (Å²) in [7, 11) is 0. The van der Waals surface area contributed by atoms with Gasteiger partial charge in [0.1, 0.15) is 0 Å². The smallest absolute Gasteiger partial charge is 0.215 e.